The Morgan fingerprint density at radius 3 is 2.20 bits per heavy atom. The third kappa shape index (κ3) is 5.94. The third-order valence-corrected chi connectivity index (χ3v) is 5.98. The zero-order valence-corrected chi connectivity index (χ0v) is 18.7. The molecule has 0 aliphatic rings. The molecule has 35 heavy (non-hydrogen) atoms. The molecule has 1 aromatic heterocycles. The number of nitrogens with zero attached hydrogens (tertiary/aromatic N) is 3. The van der Waals surface area contributed by atoms with E-state index in [1.165, 1.54) is 42.5 Å². The molecule has 11 nitrogen and oxygen atoms in total. The highest BCUT2D eigenvalue weighted by molar-refractivity contribution is 7.92. The molecular weight excluding hydrogens is 474 g/mol. The van der Waals surface area contributed by atoms with E-state index in [-0.39, 0.29) is 22.3 Å². The highest BCUT2D eigenvalue weighted by Gasteiger charge is 2.18. The monoisotopic (exact) mass is 491 g/mol. The summed E-state index contributed by atoms with van der Waals surface area (Å²) in [5.74, 6) is 0.0905. The van der Waals surface area contributed by atoms with Crippen LogP contribution in [0.2, 0.25) is 0 Å². The summed E-state index contributed by atoms with van der Waals surface area (Å²) in [6.07, 6.45) is 3.11. The van der Waals surface area contributed by atoms with Gasteiger partial charge in [-0.3, -0.25) is 19.6 Å². The summed E-state index contributed by atoms with van der Waals surface area (Å²) in [6.45, 7) is 0. The van der Waals surface area contributed by atoms with Gasteiger partial charge in [-0.05, 0) is 60.7 Å². The van der Waals surface area contributed by atoms with Gasteiger partial charge in [0.15, 0.2) is 0 Å². The molecule has 0 radical (unpaired) electrons. The van der Waals surface area contributed by atoms with Gasteiger partial charge in [-0.2, -0.15) is 0 Å². The summed E-state index contributed by atoms with van der Waals surface area (Å²) in [6, 6.07) is 18.9. The van der Waals surface area contributed by atoms with Gasteiger partial charge in [-0.1, -0.05) is 6.07 Å². The van der Waals surface area contributed by atoms with Crippen molar-refractivity contribution in [3.05, 3.63) is 107 Å². The van der Waals surface area contributed by atoms with Gasteiger partial charge in [0.05, 0.1) is 9.82 Å². The molecule has 0 unspecified atom stereocenters. The molecule has 0 aliphatic heterocycles. The number of nitrogens with one attached hydrogen (secondary N) is 2. The molecule has 3 aromatic carbocycles. The first-order chi connectivity index (χ1) is 16.8. The Kier molecular flexibility index (Phi) is 6.64. The Morgan fingerprint density at radius 2 is 1.54 bits per heavy atom. The predicted molar refractivity (Wildman–Crippen MR) is 127 cm³/mol. The summed E-state index contributed by atoms with van der Waals surface area (Å²) < 4.78 is 32.9. The molecule has 2 N–H and O–H groups in total. The van der Waals surface area contributed by atoms with Gasteiger partial charge in [0.25, 0.3) is 21.6 Å². The number of anilines is 2. The number of hydrogen-bond donors (Lipinski definition) is 2. The van der Waals surface area contributed by atoms with Crippen LogP contribution in [0.15, 0.2) is 96.2 Å². The Balaban J connectivity index is 1.39. The molecule has 1 heterocycles. The number of nitro benzene ring substituents is 1. The lowest BCUT2D eigenvalue weighted by molar-refractivity contribution is -0.385. The molecular formula is C23H17N5O6S. The van der Waals surface area contributed by atoms with Gasteiger partial charge in [-0.15, -0.1) is 0 Å². The normalized spacial score (nSPS) is 10.9. The molecule has 1 amide bonds. The molecule has 0 saturated carbocycles. The number of amides is 1. The maximum Gasteiger partial charge on any atom is 0.321 e. The average Bonchev–Trinajstić information content (AvgIpc) is 2.86. The molecule has 0 bridgehead atoms. The number of carbonyl (C=O) groups is 1. The Bertz CT molecular complexity index is 1460. The topological polar surface area (TPSA) is 153 Å². The molecule has 176 valence electrons. The molecule has 0 saturated heterocycles. The molecule has 0 spiro atoms. The van der Waals surface area contributed by atoms with Gasteiger partial charge >= 0.3 is 6.01 Å². The van der Waals surface area contributed by atoms with Crippen LogP contribution in [0, 0.1) is 10.1 Å². The third-order valence-electron chi connectivity index (χ3n) is 4.60. The van der Waals surface area contributed by atoms with E-state index in [0.717, 1.165) is 6.07 Å². The van der Waals surface area contributed by atoms with Crippen LogP contribution in [0.3, 0.4) is 0 Å². The molecule has 12 heteroatoms. The smallest absolute Gasteiger partial charge is 0.321 e. The summed E-state index contributed by atoms with van der Waals surface area (Å²) in [7, 11) is -4.05. The molecule has 4 rings (SSSR count). The zero-order chi connectivity index (χ0) is 24.8. The van der Waals surface area contributed by atoms with Gasteiger partial charge in [0, 0.05) is 41.5 Å². The number of non-ortho nitro benzene ring substituents is 1. The van der Waals surface area contributed by atoms with Crippen molar-refractivity contribution in [3.8, 4) is 11.8 Å². The van der Waals surface area contributed by atoms with Crippen LogP contribution in [-0.4, -0.2) is 29.2 Å². The van der Waals surface area contributed by atoms with Crippen LogP contribution in [0.25, 0.3) is 0 Å². The number of hydrogen-bond acceptors (Lipinski definition) is 8. The van der Waals surface area contributed by atoms with Crippen LogP contribution in [0.1, 0.15) is 10.4 Å². The Hall–Kier alpha value is -4.84. The fraction of sp³-hybridized carbons (Fsp3) is 0. The van der Waals surface area contributed by atoms with E-state index in [2.05, 4.69) is 20.0 Å². The van der Waals surface area contributed by atoms with E-state index in [9.17, 15) is 23.3 Å². The highest BCUT2D eigenvalue weighted by atomic mass is 32.2. The van der Waals surface area contributed by atoms with E-state index >= 15 is 0 Å². The standard InChI is InChI=1S/C23H17N5O6S/c29-22(26-17-9-11-20(12-10-17)34-23-24-13-2-14-25-23)16-5-7-18(8-6-16)27-35(32,33)21-4-1-3-19(15-21)28(30)31/h1-15,27H,(H,26,29). The van der Waals surface area contributed by atoms with Crippen molar-refractivity contribution in [2.24, 2.45) is 0 Å². The maximum absolute atomic E-state index is 12.5. The number of rotatable bonds is 8. The molecule has 0 aliphatic carbocycles. The number of aromatic nitrogens is 2. The van der Waals surface area contributed by atoms with Crippen molar-refractivity contribution >= 4 is 33.0 Å². The van der Waals surface area contributed by atoms with E-state index in [1.807, 2.05) is 0 Å². The van der Waals surface area contributed by atoms with Crippen LogP contribution >= 0.6 is 0 Å². The minimum absolute atomic E-state index is 0.192. The summed E-state index contributed by atoms with van der Waals surface area (Å²) in [5, 5.41) is 13.6. The lowest BCUT2D eigenvalue weighted by atomic mass is 10.2. The second-order valence-corrected chi connectivity index (χ2v) is 8.73. The molecule has 0 atom stereocenters. The minimum Gasteiger partial charge on any atom is -0.424 e. The van der Waals surface area contributed by atoms with Crippen molar-refractivity contribution in [3.63, 3.8) is 0 Å². The van der Waals surface area contributed by atoms with E-state index < -0.39 is 20.9 Å². The second-order valence-electron chi connectivity index (χ2n) is 7.05. The lowest BCUT2D eigenvalue weighted by Crippen LogP contribution is -2.14. The van der Waals surface area contributed by atoms with Crippen molar-refractivity contribution in [2.45, 2.75) is 4.90 Å². The maximum atomic E-state index is 12.5. The van der Waals surface area contributed by atoms with Gasteiger partial charge in [0.1, 0.15) is 5.75 Å². The van der Waals surface area contributed by atoms with Gasteiger partial charge in [0.2, 0.25) is 0 Å². The number of sulfonamides is 1. The summed E-state index contributed by atoms with van der Waals surface area (Å²) in [4.78, 5) is 30.5. The van der Waals surface area contributed by atoms with Crippen LogP contribution in [-0.2, 0) is 10.0 Å². The van der Waals surface area contributed by atoms with Crippen molar-refractivity contribution < 1.29 is 22.9 Å². The van der Waals surface area contributed by atoms with Crippen LogP contribution < -0.4 is 14.8 Å². The highest BCUT2D eigenvalue weighted by Crippen LogP contribution is 2.22. The lowest BCUT2D eigenvalue weighted by Gasteiger charge is -2.10. The Morgan fingerprint density at radius 1 is 0.886 bits per heavy atom. The first-order valence-electron chi connectivity index (χ1n) is 10.0. The number of ether oxygens (including phenoxy) is 1. The first kappa shape index (κ1) is 23.3. The van der Waals surface area contributed by atoms with E-state index in [1.54, 1.807) is 42.7 Å². The first-order valence-corrected chi connectivity index (χ1v) is 11.5. The number of carbonyl (C=O) groups excluding carboxylic acids is 1. The summed E-state index contributed by atoms with van der Waals surface area (Å²) in [5.41, 5.74) is 0.665. The molecule has 0 fully saturated rings. The molecule has 4 aromatic rings. The van der Waals surface area contributed by atoms with Crippen molar-refractivity contribution in [1.82, 2.24) is 9.97 Å². The quantitative estimate of drug-likeness (QED) is 0.274. The fourth-order valence-corrected chi connectivity index (χ4v) is 4.02. The van der Waals surface area contributed by atoms with Crippen molar-refractivity contribution in [2.75, 3.05) is 10.0 Å². The van der Waals surface area contributed by atoms with Crippen LogP contribution in [0.4, 0.5) is 17.1 Å². The SMILES string of the molecule is O=C(Nc1ccc(Oc2ncccn2)cc1)c1ccc(NS(=O)(=O)c2cccc([N+](=O)[O-])c2)cc1. The van der Waals surface area contributed by atoms with Gasteiger partial charge in [-0.25, -0.2) is 18.4 Å². The van der Waals surface area contributed by atoms with Crippen molar-refractivity contribution in [1.29, 1.82) is 0 Å². The van der Waals surface area contributed by atoms with Gasteiger partial charge < -0.3 is 10.1 Å². The van der Waals surface area contributed by atoms with E-state index in [4.69, 9.17) is 4.74 Å². The predicted octanol–water partition coefficient (Wildman–Crippen LogP) is 4.23. The fourth-order valence-electron chi connectivity index (χ4n) is 2.92. The number of nitro groups is 1. The largest absolute Gasteiger partial charge is 0.424 e. The summed E-state index contributed by atoms with van der Waals surface area (Å²) >= 11 is 0. The van der Waals surface area contributed by atoms with Crippen LogP contribution in [0.5, 0.6) is 11.8 Å². The van der Waals surface area contributed by atoms with E-state index in [0.29, 0.717) is 17.0 Å². The number of benzene rings is 3. The average molecular weight is 491 g/mol. The second kappa shape index (κ2) is 9.97. The minimum atomic E-state index is -4.05. The zero-order valence-electron chi connectivity index (χ0n) is 17.9. The Labute approximate surface area is 199 Å².